The maximum Gasteiger partial charge on any atom is 0.267 e. The lowest BCUT2D eigenvalue weighted by Gasteiger charge is -2.25. The van der Waals surface area contributed by atoms with Gasteiger partial charge in [0.15, 0.2) is 0 Å². The van der Waals surface area contributed by atoms with E-state index in [4.69, 9.17) is 0 Å². The Bertz CT molecular complexity index is 929. The third-order valence-corrected chi connectivity index (χ3v) is 7.61. The lowest BCUT2D eigenvalue weighted by molar-refractivity contribution is 0.0943. The number of nitrogens with zero attached hydrogens (tertiary/aromatic N) is 2. The van der Waals surface area contributed by atoms with Crippen LogP contribution in [0.4, 0.5) is 0 Å². The lowest BCUT2D eigenvalue weighted by Crippen LogP contribution is -2.35. The van der Waals surface area contributed by atoms with E-state index >= 15 is 0 Å². The number of aromatic nitrogens is 1. The van der Waals surface area contributed by atoms with Crippen molar-refractivity contribution in [3.63, 3.8) is 0 Å². The fraction of sp³-hybridized carbons (Fsp3) is 0.476. The number of hydrogen-bond acceptors (Lipinski definition) is 3. The zero-order valence-corrected chi connectivity index (χ0v) is 17.6. The molecule has 0 bridgehead atoms. The molecule has 0 unspecified atom stereocenters. The highest BCUT2D eigenvalue weighted by Crippen LogP contribution is 2.26. The van der Waals surface area contributed by atoms with Gasteiger partial charge in [-0.1, -0.05) is 43.7 Å². The Labute approximate surface area is 167 Å². The van der Waals surface area contributed by atoms with Crippen LogP contribution < -0.4 is 5.32 Å². The molecule has 28 heavy (non-hydrogen) atoms. The molecule has 1 atom stereocenters. The molecule has 1 aliphatic rings. The SMILES string of the molecule is Cc1c(S(=O)(=O)N2CCCCC2)cc(C(=O)NC[C@@H](C)c2ccccc2)n1C. The van der Waals surface area contributed by atoms with Gasteiger partial charge in [-0.3, -0.25) is 4.79 Å². The van der Waals surface area contributed by atoms with Gasteiger partial charge in [-0.15, -0.1) is 0 Å². The van der Waals surface area contributed by atoms with E-state index in [-0.39, 0.29) is 16.7 Å². The second-order valence-corrected chi connectivity index (χ2v) is 9.43. The van der Waals surface area contributed by atoms with E-state index in [0.717, 1.165) is 24.8 Å². The molecule has 152 valence electrons. The molecule has 0 saturated carbocycles. The summed E-state index contributed by atoms with van der Waals surface area (Å²) in [5.41, 5.74) is 2.11. The first kappa shape index (κ1) is 20.6. The molecule has 2 heterocycles. The van der Waals surface area contributed by atoms with E-state index in [1.54, 1.807) is 18.5 Å². The molecule has 1 N–H and O–H groups in total. The number of nitrogens with one attached hydrogen (secondary N) is 1. The minimum Gasteiger partial charge on any atom is -0.350 e. The third-order valence-electron chi connectivity index (χ3n) is 5.59. The Morgan fingerprint density at radius 1 is 1.14 bits per heavy atom. The van der Waals surface area contributed by atoms with Crippen molar-refractivity contribution >= 4 is 15.9 Å². The first-order valence-corrected chi connectivity index (χ1v) is 11.3. The number of rotatable bonds is 6. The predicted molar refractivity (Wildman–Crippen MR) is 110 cm³/mol. The maximum absolute atomic E-state index is 13.0. The number of piperidine rings is 1. The molecule has 1 aromatic heterocycles. The second-order valence-electron chi connectivity index (χ2n) is 7.52. The van der Waals surface area contributed by atoms with Gasteiger partial charge in [-0.05, 0) is 37.3 Å². The van der Waals surface area contributed by atoms with Gasteiger partial charge in [-0.25, -0.2) is 8.42 Å². The number of benzene rings is 1. The number of carbonyl (C=O) groups is 1. The highest BCUT2D eigenvalue weighted by molar-refractivity contribution is 7.89. The zero-order valence-electron chi connectivity index (χ0n) is 16.8. The highest BCUT2D eigenvalue weighted by atomic mass is 32.2. The summed E-state index contributed by atoms with van der Waals surface area (Å²) in [6.07, 6.45) is 2.83. The molecule has 0 radical (unpaired) electrons. The largest absolute Gasteiger partial charge is 0.350 e. The van der Waals surface area contributed by atoms with Crippen LogP contribution in [0.5, 0.6) is 0 Å². The van der Waals surface area contributed by atoms with E-state index in [1.807, 2.05) is 30.3 Å². The average molecular weight is 404 g/mol. The molecule has 3 rings (SSSR count). The summed E-state index contributed by atoms with van der Waals surface area (Å²) < 4.78 is 29.3. The molecule has 2 aromatic rings. The molecule has 1 saturated heterocycles. The highest BCUT2D eigenvalue weighted by Gasteiger charge is 2.30. The van der Waals surface area contributed by atoms with Crippen LogP contribution in [0, 0.1) is 6.92 Å². The summed E-state index contributed by atoms with van der Waals surface area (Å²) in [6.45, 7) is 5.39. The van der Waals surface area contributed by atoms with Crippen LogP contribution >= 0.6 is 0 Å². The van der Waals surface area contributed by atoms with Gasteiger partial charge in [0.1, 0.15) is 10.6 Å². The van der Waals surface area contributed by atoms with Gasteiger partial charge in [0, 0.05) is 32.4 Å². The first-order valence-electron chi connectivity index (χ1n) is 9.82. The molecular weight excluding hydrogens is 374 g/mol. The number of sulfonamides is 1. The van der Waals surface area contributed by atoms with Crippen molar-refractivity contribution in [3.05, 3.63) is 53.3 Å². The zero-order chi connectivity index (χ0) is 20.3. The summed E-state index contributed by atoms with van der Waals surface area (Å²) in [6, 6.07) is 11.5. The molecule has 1 aromatic carbocycles. The van der Waals surface area contributed by atoms with Crippen LogP contribution in [0.2, 0.25) is 0 Å². The van der Waals surface area contributed by atoms with Crippen LogP contribution in [0.1, 0.15) is 53.8 Å². The number of carbonyl (C=O) groups excluding carboxylic acids is 1. The Morgan fingerprint density at radius 3 is 2.43 bits per heavy atom. The molecule has 1 aliphatic heterocycles. The second kappa shape index (κ2) is 8.49. The van der Waals surface area contributed by atoms with Crippen LogP contribution in [0.25, 0.3) is 0 Å². The fourth-order valence-electron chi connectivity index (χ4n) is 3.63. The normalized spacial score (nSPS) is 16.7. The van der Waals surface area contributed by atoms with E-state index in [1.165, 1.54) is 10.4 Å². The van der Waals surface area contributed by atoms with Crippen LogP contribution in [-0.4, -0.2) is 42.8 Å². The summed E-state index contributed by atoms with van der Waals surface area (Å²) in [5, 5.41) is 2.94. The van der Waals surface area contributed by atoms with E-state index < -0.39 is 10.0 Å². The van der Waals surface area contributed by atoms with Gasteiger partial charge in [0.2, 0.25) is 10.0 Å². The van der Waals surface area contributed by atoms with Crippen LogP contribution in [-0.2, 0) is 17.1 Å². The number of amides is 1. The fourth-order valence-corrected chi connectivity index (χ4v) is 5.42. The molecule has 0 aliphatic carbocycles. The Morgan fingerprint density at radius 2 is 1.79 bits per heavy atom. The first-order chi connectivity index (χ1) is 13.3. The molecular formula is C21H29N3O3S. The summed E-state index contributed by atoms with van der Waals surface area (Å²) in [5.74, 6) is -0.0865. The average Bonchev–Trinajstić information content (AvgIpc) is 3.03. The van der Waals surface area contributed by atoms with Crippen molar-refractivity contribution in [1.29, 1.82) is 0 Å². The molecule has 7 heteroatoms. The van der Waals surface area contributed by atoms with Crippen molar-refractivity contribution in [3.8, 4) is 0 Å². The Hall–Kier alpha value is -2.12. The lowest BCUT2D eigenvalue weighted by atomic mass is 10.0. The van der Waals surface area contributed by atoms with Crippen molar-refractivity contribution < 1.29 is 13.2 Å². The van der Waals surface area contributed by atoms with E-state index in [2.05, 4.69) is 12.2 Å². The van der Waals surface area contributed by atoms with Crippen molar-refractivity contribution in [2.75, 3.05) is 19.6 Å². The monoisotopic (exact) mass is 403 g/mol. The summed E-state index contributed by atoms with van der Waals surface area (Å²) in [4.78, 5) is 13.0. The van der Waals surface area contributed by atoms with Crippen LogP contribution in [0.3, 0.4) is 0 Å². The summed E-state index contributed by atoms with van der Waals surface area (Å²) in [7, 11) is -1.83. The Balaban J connectivity index is 1.76. The molecule has 6 nitrogen and oxygen atoms in total. The van der Waals surface area contributed by atoms with Crippen molar-refractivity contribution in [2.24, 2.45) is 7.05 Å². The number of hydrogen-bond donors (Lipinski definition) is 1. The van der Waals surface area contributed by atoms with Gasteiger partial charge >= 0.3 is 0 Å². The smallest absolute Gasteiger partial charge is 0.267 e. The van der Waals surface area contributed by atoms with E-state index in [0.29, 0.717) is 31.0 Å². The summed E-state index contributed by atoms with van der Waals surface area (Å²) >= 11 is 0. The standard InChI is InChI=1S/C21H29N3O3S/c1-16(18-10-6-4-7-11-18)15-22-21(25)19-14-20(17(2)23(19)3)28(26,27)24-12-8-5-9-13-24/h4,6-7,10-11,14,16H,5,8-9,12-13,15H2,1-3H3,(H,22,25)/t16-/m1/s1. The third kappa shape index (κ3) is 4.15. The van der Waals surface area contributed by atoms with Gasteiger partial charge in [0.05, 0.1) is 0 Å². The Kier molecular flexibility index (Phi) is 6.25. The van der Waals surface area contributed by atoms with Crippen molar-refractivity contribution in [2.45, 2.75) is 43.9 Å². The topological polar surface area (TPSA) is 71.4 Å². The van der Waals surface area contributed by atoms with E-state index in [9.17, 15) is 13.2 Å². The van der Waals surface area contributed by atoms with Gasteiger partial charge in [0.25, 0.3) is 5.91 Å². The van der Waals surface area contributed by atoms with Crippen LogP contribution in [0.15, 0.2) is 41.3 Å². The minimum absolute atomic E-state index is 0.170. The molecule has 0 spiro atoms. The van der Waals surface area contributed by atoms with Gasteiger partial charge < -0.3 is 9.88 Å². The van der Waals surface area contributed by atoms with Crippen molar-refractivity contribution in [1.82, 2.24) is 14.2 Å². The van der Waals surface area contributed by atoms with Gasteiger partial charge in [-0.2, -0.15) is 4.31 Å². The molecule has 1 amide bonds. The maximum atomic E-state index is 13.0. The minimum atomic E-state index is -3.57. The predicted octanol–water partition coefficient (Wildman–Crippen LogP) is 3.04. The quantitative estimate of drug-likeness (QED) is 0.806. The molecule has 1 fully saturated rings.